The Kier molecular flexibility index (Phi) is 4.79. The fourth-order valence-corrected chi connectivity index (χ4v) is 4.09. The molecule has 4 amide bonds. The van der Waals surface area contributed by atoms with Gasteiger partial charge in [0.25, 0.3) is 5.91 Å². The lowest BCUT2D eigenvalue weighted by atomic mass is 9.90. The SMILES string of the molecule is C[C@@]1(c2ccc3ccccc3c2)NC(=O)N(CC(=O)N2CCCCCC2)C1=O. The number of nitrogens with zero attached hydrogens (tertiary/aromatic N) is 2. The third-order valence-corrected chi connectivity index (χ3v) is 5.85. The highest BCUT2D eigenvalue weighted by atomic mass is 16.2. The Morgan fingerprint density at radius 1 is 1.00 bits per heavy atom. The first-order valence-electron chi connectivity index (χ1n) is 9.90. The van der Waals surface area contributed by atoms with Crippen LogP contribution < -0.4 is 5.32 Å². The summed E-state index contributed by atoms with van der Waals surface area (Å²) in [5.74, 6) is -0.538. The molecule has 2 aliphatic rings. The second-order valence-electron chi connectivity index (χ2n) is 7.80. The van der Waals surface area contributed by atoms with Gasteiger partial charge in [-0.3, -0.25) is 14.5 Å². The maximum Gasteiger partial charge on any atom is 0.325 e. The van der Waals surface area contributed by atoms with E-state index in [4.69, 9.17) is 0 Å². The monoisotopic (exact) mass is 379 g/mol. The summed E-state index contributed by atoms with van der Waals surface area (Å²) < 4.78 is 0. The third kappa shape index (κ3) is 3.23. The molecule has 0 aliphatic carbocycles. The highest BCUT2D eigenvalue weighted by Crippen LogP contribution is 2.31. The van der Waals surface area contributed by atoms with Crippen LogP contribution in [0.25, 0.3) is 10.8 Å². The molecule has 6 nitrogen and oxygen atoms in total. The molecule has 146 valence electrons. The van der Waals surface area contributed by atoms with E-state index in [9.17, 15) is 14.4 Å². The summed E-state index contributed by atoms with van der Waals surface area (Å²) in [6.45, 7) is 2.90. The predicted molar refractivity (Wildman–Crippen MR) is 107 cm³/mol. The Balaban J connectivity index is 1.56. The molecule has 4 rings (SSSR count). The van der Waals surface area contributed by atoms with E-state index < -0.39 is 11.6 Å². The largest absolute Gasteiger partial charge is 0.341 e. The van der Waals surface area contributed by atoms with Crippen molar-refractivity contribution in [3.63, 3.8) is 0 Å². The van der Waals surface area contributed by atoms with Crippen molar-refractivity contribution in [2.75, 3.05) is 19.6 Å². The summed E-state index contributed by atoms with van der Waals surface area (Å²) in [4.78, 5) is 41.2. The van der Waals surface area contributed by atoms with Gasteiger partial charge in [0, 0.05) is 13.1 Å². The van der Waals surface area contributed by atoms with Gasteiger partial charge in [0.15, 0.2) is 0 Å². The molecule has 0 bridgehead atoms. The van der Waals surface area contributed by atoms with Gasteiger partial charge in [0.1, 0.15) is 12.1 Å². The molecule has 2 aliphatic heterocycles. The van der Waals surface area contributed by atoms with Crippen LogP contribution in [0.4, 0.5) is 4.79 Å². The molecule has 2 fully saturated rings. The zero-order valence-corrected chi connectivity index (χ0v) is 16.1. The Bertz CT molecular complexity index is 934. The number of hydrogen-bond acceptors (Lipinski definition) is 3. The summed E-state index contributed by atoms with van der Waals surface area (Å²) in [7, 11) is 0. The molecule has 0 unspecified atom stereocenters. The average molecular weight is 379 g/mol. The molecular formula is C22H25N3O3. The first-order valence-corrected chi connectivity index (χ1v) is 9.90. The van der Waals surface area contributed by atoms with Crippen LogP contribution in [-0.4, -0.2) is 47.3 Å². The zero-order valence-electron chi connectivity index (χ0n) is 16.1. The Hall–Kier alpha value is -2.89. The summed E-state index contributed by atoms with van der Waals surface area (Å²) in [6, 6.07) is 13.1. The Morgan fingerprint density at radius 2 is 1.68 bits per heavy atom. The van der Waals surface area contributed by atoms with E-state index in [2.05, 4.69) is 5.32 Å². The molecule has 6 heteroatoms. The molecule has 0 aromatic heterocycles. The van der Waals surface area contributed by atoms with Gasteiger partial charge >= 0.3 is 6.03 Å². The van der Waals surface area contributed by atoms with Crippen LogP contribution in [-0.2, 0) is 15.1 Å². The van der Waals surface area contributed by atoms with Gasteiger partial charge in [0.05, 0.1) is 0 Å². The number of imide groups is 1. The molecular weight excluding hydrogens is 354 g/mol. The third-order valence-electron chi connectivity index (χ3n) is 5.85. The molecule has 0 spiro atoms. The van der Waals surface area contributed by atoms with E-state index >= 15 is 0 Å². The molecule has 2 saturated heterocycles. The fraction of sp³-hybridized carbons (Fsp3) is 0.409. The van der Waals surface area contributed by atoms with Crippen molar-refractivity contribution in [2.24, 2.45) is 0 Å². The van der Waals surface area contributed by atoms with Crippen molar-refractivity contribution in [1.29, 1.82) is 0 Å². The van der Waals surface area contributed by atoms with Gasteiger partial charge < -0.3 is 10.2 Å². The highest BCUT2D eigenvalue weighted by Gasteiger charge is 2.49. The average Bonchev–Trinajstić information content (AvgIpc) is 2.91. The first kappa shape index (κ1) is 18.5. The van der Waals surface area contributed by atoms with E-state index in [1.54, 1.807) is 11.8 Å². The number of carbonyl (C=O) groups excluding carboxylic acids is 3. The lowest BCUT2D eigenvalue weighted by molar-refractivity contribution is -0.138. The van der Waals surface area contributed by atoms with Crippen molar-refractivity contribution < 1.29 is 14.4 Å². The van der Waals surface area contributed by atoms with Crippen molar-refractivity contribution in [3.05, 3.63) is 48.0 Å². The summed E-state index contributed by atoms with van der Waals surface area (Å²) >= 11 is 0. The number of hydrogen-bond donors (Lipinski definition) is 1. The number of amides is 4. The maximum absolute atomic E-state index is 13.1. The number of carbonyl (C=O) groups is 3. The zero-order chi connectivity index (χ0) is 19.7. The Labute approximate surface area is 164 Å². The van der Waals surface area contributed by atoms with Gasteiger partial charge in [-0.25, -0.2) is 4.79 Å². The number of nitrogens with one attached hydrogen (secondary N) is 1. The van der Waals surface area contributed by atoms with Crippen molar-refractivity contribution >= 4 is 28.6 Å². The molecule has 0 radical (unpaired) electrons. The summed E-state index contributed by atoms with van der Waals surface area (Å²) in [6.07, 6.45) is 4.18. The Morgan fingerprint density at radius 3 is 2.39 bits per heavy atom. The van der Waals surface area contributed by atoms with E-state index in [0.29, 0.717) is 18.7 Å². The van der Waals surface area contributed by atoms with Crippen LogP contribution in [0.3, 0.4) is 0 Å². The van der Waals surface area contributed by atoms with Crippen LogP contribution in [0.5, 0.6) is 0 Å². The van der Waals surface area contributed by atoms with Gasteiger partial charge in [0.2, 0.25) is 5.91 Å². The lowest BCUT2D eigenvalue weighted by Crippen LogP contribution is -2.44. The van der Waals surface area contributed by atoms with Gasteiger partial charge in [-0.2, -0.15) is 0 Å². The van der Waals surface area contributed by atoms with E-state index in [1.165, 1.54) is 0 Å². The second kappa shape index (κ2) is 7.26. The quantitative estimate of drug-likeness (QED) is 0.834. The van der Waals surface area contributed by atoms with Crippen LogP contribution in [0, 0.1) is 0 Å². The predicted octanol–water partition coefficient (Wildman–Crippen LogP) is 3.01. The lowest BCUT2D eigenvalue weighted by Gasteiger charge is -2.24. The molecule has 2 aromatic carbocycles. The summed E-state index contributed by atoms with van der Waals surface area (Å²) in [5.41, 5.74) is -0.450. The van der Waals surface area contributed by atoms with E-state index in [1.807, 2.05) is 42.5 Å². The standard InChI is InChI=1S/C22H25N3O3/c1-22(18-11-10-16-8-4-5-9-17(16)14-18)20(27)25(21(28)23-22)15-19(26)24-12-6-2-3-7-13-24/h4-5,8-11,14H,2-3,6-7,12-13,15H2,1H3,(H,23,28)/t22-/m0/s1. The van der Waals surface area contributed by atoms with E-state index in [-0.39, 0.29) is 18.4 Å². The number of fused-ring (bicyclic) bond motifs is 1. The minimum absolute atomic E-state index is 0.159. The van der Waals surface area contributed by atoms with Crippen molar-refractivity contribution in [2.45, 2.75) is 38.1 Å². The molecule has 2 aromatic rings. The first-order chi connectivity index (χ1) is 13.5. The smallest absolute Gasteiger partial charge is 0.325 e. The molecule has 0 saturated carbocycles. The minimum Gasteiger partial charge on any atom is -0.341 e. The van der Waals surface area contributed by atoms with Gasteiger partial charge in [-0.1, -0.05) is 49.2 Å². The van der Waals surface area contributed by atoms with Gasteiger partial charge in [-0.05, 0) is 42.2 Å². The highest BCUT2D eigenvalue weighted by molar-refractivity contribution is 6.09. The molecule has 1 atom stereocenters. The number of likely N-dealkylation sites (tertiary alicyclic amines) is 1. The molecule has 2 heterocycles. The van der Waals surface area contributed by atoms with Crippen LogP contribution >= 0.6 is 0 Å². The van der Waals surface area contributed by atoms with Crippen LogP contribution in [0.2, 0.25) is 0 Å². The maximum atomic E-state index is 13.1. The topological polar surface area (TPSA) is 69.7 Å². The van der Waals surface area contributed by atoms with Crippen molar-refractivity contribution in [3.8, 4) is 0 Å². The second-order valence-corrected chi connectivity index (χ2v) is 7.80. The van der Waals surface area contributed by atoms with Gasteiger partial charge in [-0.15, -0.1) is 0 Å². The van der Waals surface area contributed by atoms with Crippen molar-refractivity contribution in [1.82, 2.24) is 15.1 Å². The van der Waals surface area contributed by atoms with Crippen LogP contribution in [0.1, 0.15) is 38.2 Å². The minimum atomic E-state index is -1.17. The number of urea groups is 1. The summed E-state index contributed by atoms with van der Waals surface area (Å²) in [5, 5.41) is 4.87. The van der Waals surface area contributed by atoms with E-state index in [0.717, 1.165) is 41.4 Å². The molecule has 1 N–H and O–H groups in total. The number of benzene rings is 2. The fourth-order valence-electron chi connectivity index (χ4n) is 4.09. The van der Waals surface area contributed by atoms with Crippen LogP contribution in [0.15, 0.2) is 42.5 Å². The normalized spacial score (nSPS) is 23.0. The number of rotatable bonds is 3. The molecule has 28 heavy (non-hydrogen) atoms.